The third-order valence-electron chi connectivity index (χ3n) is 5.81. The van der Waals surface area contributed by atoms with Crippen LogP contribution in [0.1, 0.15) is 12.5 Å². The molecule has 4 rings (SSSR count). The van der Waals surface area contributed by atoms with Crippen LogP contribution in [0.15, 0.2) is 87.1 Å². The number of hydrogen-bond donors (Lipinski definition) is 2. The van der Waals surface area contributed by atoms with Crippen LogP contribution in [0.2, 0.25) is 0 Å². The predicted octanol–water partition coefficient (Wildman–Crippen LogP) is 4.32. The number of anilines is 2. The van der Waals surface area contributed by atoms with E-state index in [-0.39, 0.29) is 15.5 Å². The second kappa shape index (κ2) is 13.0. The fourth-order valence-electron chi connectivity index (χ4n) is 3.84. The third kappa shape index (κ3) is 7.49. The standard InChI is InChI=1S/C27H28BrN3O7S2/c1-2-38-25-13-6-21(28)19-26(25)39(33,34)30-23-9-7-22(8-10-23)29-27(32)14-5-20-3-11-24(12-4-20)40(35,36)31-15-17-37-18-16-31/h3-14,19,30H,2,15-18H2,1H3,(H,29,32). The molecule has 1 aliphatic heterocycles. The van der Waals surface area contributed by atoms with Crippen LogP contribution >= 0.6 is 15.9 Å². The van der Waals surface area contributed by atoms with E-state index in [1.165, 1.54) is 40.7 Å². The summed E-state index contributed by atoms with van der Waals surface area (Å²) < 4.78 is 66.6. The zero-order chi connectivity index (χ0) is 28.8. The minimum absolute atomic E-state index is 0.00188. The van der Waals surface area contributed by atoms with Gasteiger partial charge in [0.05, 0.1) is 24.7 Å². The number of ether oxygens (including phenoxy) is 2. The number of carbonyl (C=O) groups is 1. The van der Waals surface area contributed by atoms with Crippen LogP contribution in [-0.2, 0) is 29.6 Å². The Hall–Kier alpha value is -3.23. The number of nitrogens with zero attached hydrogens (tertiary/aromatic N) is 1. The molecule has 0 atom stereocenters. The largest absolute Gasteiger partial charge is 0.492 e. The molecule has 3 aromatic carbocycles. The van der Waals surface area contributed by atoms with E-state index in [4.69, 9.17) is 9.47 Å². The summed E-state index contributed by atoms with van der Waals surface area (Å²) in [5.41, 5.74) is 1.42. The minimum Gasteiger partial charge on any atom is -0.492 e. The monoisotopic (exact) mass is 649 g/mol. The summed E-state index contributed by atoms with van der Waals surface area (Å²) in [6.45, 7) is 3.45. The second-order valence-corrected chi connectivity index (χ2v) is 13.1. The Morgan fingerprint density at radius 1 is 0.975 bits per heavy atom. The molecule has 1 amide bonds. The molecule has 1 heterocycles. The van der Waals surface area contributed by atoms with Crippen molar-refractivity contribution in [3.8, 4) is 5.75 Å². The van der Waals surface area contributed by atoms with Crippen molar-refractivity contribution >= 4 is 59.3 Å². The van der Waals surface area contributed by atoms with Crippen molar-refractivity contribution in [2.45, 2.75) is 16.7 Å². The molecule has 0 bridgehead atoms. The molecule has 0 saturated carbocycles. The first kappa shape index (κ1) is 29.7. The van der Waals surface area contributed by atoms with Gasteiger partial charge in [0.2, 0.25) is 15.9 Å². The van der Waals surface area contributed by atoms with Crippen LogP contribution in [-0.4, -0.2) is 60.0 Å². The lowest BCUT2D eigenvalue weighted by Crippen LogP contribution is -2.40. The fourth-order valence-corrected chi connectivity index (χ4v) is 6.99. The highest BCUT2D eigenvalue weighted by molar-refractivity contribution is 9.10. The molecule has 1 fully saturated rings. The normalized spacial score (nSPS) is 14.7. The SMILES string of the molecule is CCOc1ccc(Br)cc1S(=O)(=O)Nc1ccc(NC(=O)C=Cc2ccc(S(=O)(=O)N3CCOCC3)cc2)cc1. The average Bonchev–Trinajstić information content (AvgIpc) is 2.94. The van der Waals surface area contributed by atoms with Gasteiger partial charge in [0.1, 0.15) is 10.6 Å². The smallest absolute Gasteiger partial charge is 0.265 e. The summed E-state index contributed by atoms with van der Waals surface area (Å²) in [7, 11) is -7.52. The van der Waals surface area contributed by atoms with Gasteiger partial charge in [-0.1, -0.05) is 28.1 Å². The van der Waals surface area contributed by atoms with Crippen LogP contribution in [0.4, 0.5) is 11.4 Å². The van der Waals surface area contributed by atoms with Crippen molar-refractivity contribution in [3.05, 3.63) is 82.8 Å². The van der Waals surface area contributed by atoms with Crippen molar-refractivity contribution in [3.63, 3.8) is 0 Å². The van der Waals surface area contributed by atoms with Crippen molar-refractivity contribution in [2.75, 3.05) is 42.9 Å². The maximum atomic E-state index is 13.0. The van der Waals surface area contributed by atoms with Gasteiger partial charge in [-0.15, -0.1) is 0 Å². The van der Waals surface area contributed by atoms with Crippen LogP contribution in [0.5, 0.6) is 5.75 Å². The number of hydrogen-bond acceptors (Lipinski definition) is 7. The molecule has 1 saturated heterocycles. The molecule has 3 aromatic rings. The zero-order valence-electron chi connectivity index (χ0n) is 21.5. The van der Waals surface area contributed by atoms with E-state index in [2.05, 4.69) is 26.0 Å². The minimum atomic E-state index is -3.93. The molecule has 2 N–H and O–H groups in total. The molecule has 0 aliphatic carbocycles. The van der Waals surface area contributed by atoms with Crippen LogP contribution < -0.4 is 14.8 Å². The van der Waals surface area contributed by atoms with Gasteiger partial charge >= 0.3 is 0 Å². The topological polar surface area (TPSA) is 131 Å². The maximum absolute atomic E-state index is 13.0. The Labute approximate surface area is 242 Å². The van der Waals surface area contributed by atoms with Crippen molar-refractivity contribution in [1.29, 1.82) is 0 Å². The molecule has 0 aromatic heterocycles. The molecule has 0 radical (unpaired) electrons. The fraction of sp³-hybridized carbons (Fsp3) is 0.222. The molecule has 1 aliphatic rings. The van der Waals surface area contributed by atoms with E-state index in [0.717, 1.165) is 0 Å². The molecule has 0 unspecified atom stereocenters. The van der Waals surface area contributed by atoms with Gasteiger partial charge in [-0.05, 0) is 73.2 Å². The van der Waals surface area contributed by atoms with E-state index in [0.29, 0.717) is 54.3 Å². The molecule has 212 valence electrons. The number of carbonyl (C=O) groups excluding carboxylic acids is 1. The van der Waals surface area contributed by atoms with E-state index < -0.39 is 26.0 Å². The first-order valence-electron chi connectivity index (χ1n) is 12.3. The lowest BCUT2D eigenvalue weighted by atomic mass is 10.2. The summed E-state index contributed by atoms with van der Waals surface area (Å²) in [5.74, 6) is -0.170. The molecular formula is C27H28BrN3O7S2. The van der Waals surface area contributed by atoms with Crippen LogP contribution in [0.3, 0.4) is 0 Å². The van der Waals surface area contributed by atoms with Gasteiger partial charge in [-0.2, -0.15) is 4.31 Å². The molecule has 13 heteroatoms. The lowest BCUT2D eigenvalue weighted by molar-refractivity contribution is -0.111. The quantitative estimate of drug-likeness (QED) is 0.313. The third-order valence-corrected chi connectivity index (χ3v) is 9.62. The Morgan fingerprint density at radius 3 is 2.27 bits per heavy atom. The van der Waals surface area contributed by atoms with Gasteiger partial charge < -0.3 is 14.8 Å². The number of morpholine rings is 1. The van der Waals surface area contributed by atoms with E-state index in [1.54, 1.807) is 49.4 Å². The van der Waals surface area contributed by atoms with Crippen molar-refractivity contribution in [2.24, 2.45) is 0 Å². The van der Waals surface area contributed by atoms with E-state index >= 15 is 0 Å². The van der Waals surface area contributed by atoms with Gasteiger partial charge in [-0.25, -0.2) is 16.8 Å². The molecule has 40 heavy (non-hydrogen) atoms. The van der Waals surface area contributed by atoms with E-state index in [1.807, 2.05) is 0 Å². The Morgan fingerprint density at radius 2 is 1.62 bits per heavy atom. The summed E-state index contributed by atoms with van der Waals surface area (Å²) in [4.78, 5) is 12.6. The Balaban J connectivity index is 1.36. The van der Waals surface area contributed by atoms with Crippen LogP contribution in [0.25, 0.3) is 6.08 Å². The average molecular weight is 651 g/mol. The molecular weight excluding hydrogens is 622 g/mol. The van der Waals surface area contributed by atoms with Gasteiger partial charge in [0.15, 0.2) is 0 Å². The highest BCUT2D eigenvalue weighted by Gasteiger charge is 2.26. The Kier molecular flexibility index (Phi) is 9.64. The van der Waals surface area contributed by atoms with Gasteiger partial charge in [0, 0.05) is 35.0 Å². The zero-order valence-corrected chi connectivity index (χ0v) is 24.8. The summed E-state index contributed by atoms with van der Waals surface area (Å²) in [6, 6.07) is 17.2. The number of nitrogens with one attached hydrogen (secondary N) is 2. The summed E-state index contributed by atoms with van der Waals surface area (Å²) in [5, 5.41) is 2.70. The highest BCUT2D eigenvalue weighted by Crippen LogP contribution is 2.29. The van der Waals surface area contributed by atoms with Crippen LogP contribution in [0, 0.1) is 0 Å². The number of rotatable bonds is 10. The molecule has 10 nitrogen and oxygen atoms in total. The lowest BCUT2D eigenvalue weighted by Gasteiger charge is -2.26. The highest BCUT2D eigenvalue weighted by atomic mass is 79.9. The predicted molar refractivity (Wildman–Crippen MR) is 156 cm³/mol. The van der Waals surface area contributed by atoms with E-state index in [9.17, 15) is 21.6 Å². The van der Waals surface area contributed by atoms with Gasteiger partial charge in [0.25, 0.3) is 10.0 Å². The van der Waals surface area contributed by atoms with Gasteiger partial charge in [-0.3, -0.25) is 9.52 Å². The number of sulfonamides is 2. The second-order valence-electron chi connectivity index (χ2n) is 8.61. The summed E-state index contributed by atoms with van der Waals surface area (Å²) in [6.07, 6.45) is 2.89. The number of halogens is 1. The van der Waals surface area contributed by atoms with Crippen molar-refractivity contribution < 1.29 is 31.1 Å². The summed E-state index contributed by atoms with van der Waals surface area (Å²) >= 11 is 3.29. The first-order chi connectivity index (χ1) is 19.1. The number of amides is 1. The maximum Gasteiger partial charge on any atom is 0.265 e. The number of benzene rings is 3. The van der Waals surface area contributed by atoms with Crippen molar-refractivity contribution in [1.82, 2.24) is 4.31 Å². The molecule has 0 spiro atoms. The first-order valence-corrected chi connectivity index (χ1v) is 16.0. The Bertz CT molecular complexity index is 1590.